The number of amides is 1. The number of ketones is 1. The summed E-state index contributed by atoms with van der Waals surface area (Å²) in [6.45, 7) is 7.63. The number of aromatic nitrogens is 1. The van der Waals surface area contributed by atoms with E-state index in [0.717, 1.165) is 0 Å². The second-order valence-electron chi connectivity index (χ2n) is 7.00. The summed E-state index contributed by atoms with van der Waals surface area (Å²) < 4.78 is 9.91. The molecule has 2 rings (SSSR count). The van der Waals surface area contributed by atoms with Gasteiger partial charge in [-0.1, -0.05) is 6.92 Å². The summed E-state index contributed by atoms with van der Waals surface area (Å²) in [7, 11) is 2.88. The maximum atomic E-state index is 13.1. The minimum Gasteiger partial charge on any atom is -0.497 e. The van der Waals surface area contributed by atoms with Crippen molar-refractivity contribution in [1.29, 1.82) is 0 Å². The van der Waals surface area contributed by atoms with Crippen LogP contribution < -0.4 is 10.1 Å². The van der Waals surface area contributed by atoms with Crippen molar-refractivity contribution in [2.24, 2.45) is 0 Å². The van der Waals surface area contributed by atoms with Gasteiger partial charge in [0.25, 0.3) is 0 Å². The van der Waals surface area contributed by atoms with Crippen molar-refractivity contribution in [3.8, 4) is 5.75 Å². The third-order valence-electron chi connectivity index (χ3n) is 5.13. The van der Waals surface area contributed by atoms with E-state index < -0.39 is 12.0 Å². The van der Waals surface area contributed by atoms with E-state index in [9.17, 15) is 14.4 Å². The number of esters is 1. The van der Waals surface area contributed by atoms with Gasteiger partial charge in [-0.25, -0.2) is 4.79 Å². The van der Waals surface area contributed by atoms with E-state index in [0.29, 0.717) is 40.5 Å². The highest BCUT2D eigenvalue weighted by atomic mass is 16.5. The van der Waals surface area contributed by atoms with Crippen molar-refractivity contribution in [3.05, 3.63) is 46.8 Å². The average Bonchev–Trinajstić information content (AvgIpc) is 3.04. The number of hydrogen-bond donors (Lipinski definition) is 2. The molecule has 8 nitrogen and oxygen atoms in total. The van der Waals surface area contributed by atoms with Gasteiger partial charge in [-0.05, 0) is 57.1 Å². The maximum absolute atomic E-state index is 13.1. The molecule has 1 aromatic heterocycles. The monoisotopic (exact) mass is 415 g/mol. The smallest absolute Gasteiger partial charge is 0.339 e. The fourth-order valence-corrected chi connectivity index (χ4v) is 3.36. The SMILES string of the molecule is CCN(CC(=O)Nc1ccc(OC)cc1)C(C)C(=O)c1[nH]c(C)c(C(=O)OC)c1C. The molecular formula is C22H29N3O5. The highest BCUT2D eigenvalue weighted by molar-refractivity contribution is 6.04. The highest BCUT2D eigenvalue weighted by Gasteiger charge is 2.28. The molecule has 1 unspecified atom stereocenters. The van der Waals surface area contributed by atoms with Crippen LogP contribution in [0.1, 0.15) is 46.0 Å². The van der Waals surface area contributed by atoms with Gasteiger partial charge in [0.05, 0.1) is 38.1 Å². The first-order valence-electron chi connectivity index (χ1n) is 9.73. The Morgan fingerprint density at radius 3 is 2.30 bits per heavy atom. The molecule has 30 heavy (non-hydrogen) atoms. The Kier molecular flexibility index (Phi) is 7.77. The zero-order valence-electron chi connectivity index (χ0n) is 18.3. The number of carbonyl (C=O) groups is 3. The molecule has 162 valence electrons. The van der Waals surface area contributed by atoms with Gasteiger partial charge in [0.15, 0.2) is 5.78 Å². The summed E-state index contributed by atoms with van der Waals surface area (Å²) in [4.78, 5) is 42.3. The third-order valence-corrected chi connectivity index (χ3v) is 5.13. The zero-order valence-corrected chi connectivity index (χ0v) is 18.3. The number of aryl methyl sites for hydroxylation is 1. The van der Waals surface area contributed by atoms with Crippen molar-refractivity contribution >= 4 is 23.3 Å². The third kappa shape index (κ3) is 5.07. The standard InChI is InChI=1S/C22H29N3O5/c1-7-25(12-18(26)24-16-8-10-17(29-5)11-9-16)15(4)21(27)20-13(2)19(14(3)23-20)22(28)30-6/h8-11,15,23H,7,12H2,1-6H3,(H,24,26). The number of methoxy groups -OCH3 is 2. The van der Waals surface area contributed by atoms with E-state index in [1.165, 1.54) is 7.11 Å². The molecule has 2 aromatic rings. The Labute approximate surface area is 176 Å². The van der Waals surface area contributed by atoms with Gasteiger partial charge in [-0.2, -0.15) is 0 Å². The van der Waals surface area contributed by atoms with Crippen LogP contribution in [0.4, 0.5) is 5.69 Å². The van der Waals surface area contributed by atoms with Crippen LogP contribution in [0.15, 0.2) is 24.3 Å². The number of H-pyrrole nitrogens is 1. The molecule has 1 amide bonds. The number of benzene rings is 1. The molecule has 0 saturated heterocycles. The van der Waals surface area contributed by atoms with Crippen LogP contribution in [0.2, 0.25) is 0 Å². The summed E-state index contributed by atoms with van der Waals surface area (Å²) >= 11 is 0. The Morgan fingerprint density at radius 1 is 1.13 bits per heavy atom. The molecule has 8 heteroatoms. The maximum Gasteiger partial charge on any atom is 0.339 e. The summed E-state index contributed by atoms with van der Waals surface area (Å²) in [5, 5.41) is 2.82. The Balaban J connectivity index is 2.11. The minimum atomic E-state index is -0.557. The number of nitrogens with one attached hydrogen (secondary N) is 2. The molecule has 0 aliphatic carbocycles. The fraction of sp³-hybridized carbons (Fsp3) is 0.409. The van der Waals surface area contributed by atoms with Crippen LogP contribution in [-0.4, -0.2) is 60.9 Å². The Bertz CT molecular complexity index is 918. The lowest BCUT2D eigenvalue weighted by molar-refractivity contribution is -0.117. The summed E-state index contributed by atoms with van der Waals surface area (Å²) in [5.74, 6) is -0.203. The number of likely N-dealkylation sites (N-methyl/N-ethyl adjacent to an activating group) is 1. The molecule has 0 spiro atoms. The Hall–Kier alpha value is -3.13. The van der Waals surface area contributed by atoms with E-state index in [1.807, 2.05) is 6.92 Å². The fourth-order valence-electron chi connectivity index (χ4n) is 3.36. The molecule has 0 saturated carbocycles. The predicted molar refractivity (Wildman–Crippen MR) is 114 cm³/mol. The van der Waals surface area contributed by atoms with Crippen LogP contribution in [0.25, 0.3) is 0 Å². The molecule has 0 aliphatic heterocycles. The van der Waals surface area contributed by atoms with Crippen LogP contribution in [0.3, 0.4) is 0 Å². The number of anilines is 1. The molecule has 1 atom stereocenters. The van der Waals surface area contributed by atoms with E-state index in [4.69, 9.17) is 9.47 Å². The van der Waals surface area contributed by atoms with Crippen molar-refractivity contribution in [3.63, 3.8) is 0 Å². The first kappa shape index (κ1) is 23.2. The van der Waals surface area contributed by atoms with Crippen molar-refractivity contribution in [1.82, 2.24) is 9.88 Å². The molecule has 0 aliphatic rings. The number of Topliss-reactive ketones (excluding diaryl/α,β-unsaturated/α-hetero) is 1. The molecule has 0 bridgehead atoms. The zero-order chi connectivity index (χ0) is 22.4. The molecular weight excluding hydrogens is 386 g/mol. The quantitative estimate of drug-likeness (QED) is 0.482. The first-order valence-corrected chi connectivity index (χ1v) is 9.73. The molecule has 1 aromatic carbocycles. The number of ether oxygens (including phenoxy) is 2. The lowest BCUT2D eigenvalue weighted by Gasteiger charge is -2.26. The van der Waals surface area contributed by atoms with Gasteiger partial charge < -0.3 is 19.8 Å². The number of hydrogen-bond acceptors (Lipinski definition) is 6. The second-order valence-corrected chi connectivity index (χ2v) is 7.00. The molecule has 0 fully saturated rings. The topological polar surface area (TPSA) is 101 Å². The number of rotatable bonds is 9. The lowest BCUT2D eigenvalue weighted by Crippen LogP contribution is -2.43. The number of carbonyl (C=O) groups excluding carboxylic acids is 3. The van der Waals surface area contributed by atoms with Crippen molar-refractivity contribution in [2.45, 2.75) is 33.7 Å². The van der Waals surface area contributed by atoms with E-state index in [-0.39, 0.29) is 18.2 Å². The lowest BCUT2D eigenvalue weighted by atomic mass is 10.0. The van der Waals surface area contributed by atoms with Gasteiger partial charge in [-0.15, -0.1) is 0 Å². The first-order chi connectivity index (χ1) is 14.2. The molecule has 2 N–H and O–H groups in total. The summed E-state index contributed by atoms with van der Waals surface area (Å²) in [6.07, 6.45) is 0. The van der Waals surface area contributed by atoms with Crippen LogP contribution in [0, 0.1) is 13.8 Å². The van der Waals surface area contributed by atoms with Gasteiger partial charge in [0.1, 0.15) is 5.75 Å². The van der Waals surface area contributed by atoms with Crippen LogP contribution in [0.5, 0.6) is 5.75 Å². The van der Waals surface area contributed by atoms with Gasteiger partial charge >= 0.3 is 5.97 Å². The van der Waals surface area contributed by atoms with Gasteiger partial charge in [0.2, 0.25) is 5.91 Å². The largest absolute Gasteiger partial charge is 0.497 e. The van der Waals surface area contributed by atoms with Crippen LogP contribution in [-0.2, 0) is 9.53 Å². The molecule has 1 heterocycles. The molecule has 0 radical (unpaired) electrons. The van der Waals surface area contributed by atoms with Crippen molar-refractivity contribution in [2.75, 3.05) is 32.6 Å². The second kappa shape index (κ2) is 10.1. The average molecular weight is 415 g/mol. The normalized spacial score (nSPS) is 11.8. The van der Waals surface area contributed by atoms with Gasteiger partial charge in [0, 0.05) is 11.4 Å². The predicted octanol–water partition coefficient (Wildman–Crippen LogP) is 2.96. The summed E-state index contributed by atoms with van der Waals surface area (Å²) in [6, 6.07) is 6.46. The van der Waals surface area contributed by atoms with Crippen LogP contribution >= 0.6 is 0 Å². The van der Waals surface area contributed by atoms with Gasteiger partial charge in [-0.3, -0.25) is 14.5 Å². The minimum absolute atomic E-state index is 0.0536. The number of nitrogens with zero attached hydrogens (tertiary/aromatic N) is 1. The Morgan fingerprint density at radius 2 is 1.77 bits per heavy atom. The summed E-state index contributed by atoms with van der Waals surface area (Å²) in [5.41, 5.74) is 2.50. The van der Waals surface area contributed by atoms with E-state index in [2.05, 4.69) is 10.3 Å². The number of aromatic amines is 1. The highest BCUT2D eigenvalue weighted by Crippen LogP contribution is 2.21. The van der Waals surface area contributed by atoms with E-state index >= 15 is 0 Å². The van der Waals surface area contributed by atoms with Crippen molar-refractivity contribution < 1.29 is 23.9 Å². The van der Waals surface area contributed by atoms with E-state index in [1.54, 1.807) is 57.0 Å².